The van der Waals surface area contributed by atoms with Crippen molar-refractivity contribution in [1.29, 1.82) is 0 Å². The predicted molar refractivity (Wildman–Crippen MR) is 68.5 cm³/mol. The van der Waals surface area contributed by atoms with Crippen molar-refractivity contribution in [2.75, 3.05) is 7.11 Å². The third kappa shape index (κ3) is 2.09. The van der Waals surface area contributed by atoms with Crippen LogP contribution in [0.1, 0.15) is 10.4 Å². The molecule has 1 aromatic carbocycles. The fourth-order valence-electron chi connectivity index (χ4n) is 1.62. The van der Waals surface area contributed by atoms with Crippen LogP contribution in [0.4, 0.5) is 4.39 Å². The minimum absolute atomic E-state index is 0.0261. The average molecular weight is 267 g/mol. The van der Waals surface area contributed by atoms with Gasteiger partial charge in [-0.15, -0.1) is 9.24 Å². The molecule has 0 amide bonds. The number of hydrogen-bond donors (Lipinski definition) is 2. The van der Waals surface area contributed by atoms with E-state index in [9.17, 15) is 14.3 Å². The normalized spacial score (nSPS) is 10.4. The molecule has 2 rings (SSSR count). The van der Waals surface area contributed by atoms with Crippen LogP contribution in [0.25, 0.3) is 11.3 Å². The molecule has 2 aromatic rings. The van der Waals surface area contributed by atoms with Crippen molar-refractivity contribution < 1.29 is 19.0 Å². The Morgan fingerprint density at radius 1 is 1.50 bits per heavy atom. The van der Waals surface area contributed by atoms with E-state index < -0.39 is 11.8 Å². The second-order valence-corrected chi connectivity index (χ2v) is 4.32. The summed E-state index contributed by atoms with van der Waals surface area (Å²) in [7, 11) is 3.58. The number of aromatic hydroxyl groups is 1. The van der Waals surface area contributed by atoms with Gasteiger partial charge in [0.05, 0.1) is 12.8 Å². The van der Waals surface area contributed by atoms with E-state index in [4.69, 9.17) is 0 Å². The van der Waals surface area contributed by atoms with Gasteiger partial charge in [-0.25, -0.2) is 9.18 Å². The Balaban J connectivity index is 2.52. The Morgan fingerprint density at radius 3 is 2.83 bits per heavy atom. The summed E-state index contributed by atoms with van der Waals surface area (Å²) in [5.74, 6) is -1.49. The van der Waals surface area contributed by atoms with Crippen molar-refractivity contribution in [3.8, 4) is 17.0 Å². The number of nitrogens with one attached hydrogen (secondary N) is 1. The Hall–Kier alpha value is -1.87. The Labute approximate surface area is 105 Å². The van der Waals surface area contributed by atoms with Crippen LogP contribution >= 0.6 is 9.24 Å². The van der Waals surface area contributed by atoms with Crippen LogP contribution in [-0.4, -0.2) is 23.2 Å². The van der Waals surface area contributed by atoms with Crippen molar-refractivity contribution >= 4 is 20.5 Å². The van der Waals surface area contributed by atoms with Crippen LogP contribution in [0.2, 0.25) is 0 Å². The number of esters is 1. The summed E-state index contributed by atoms with van der Waals surface area (Å²) in [4.78, 5) is 14.0. The number of rotatable bonds is 2. The minimum atomic E-state index is -0.682. The molecule has 1 aromatic heterocycles. The Kier molecular flexibility index (Phi) is 3.34. The maximum Gasteiger partial charge on any atom is 0.343 e. The highest BCUT2D eigenvalue weighted by Crippen LogP contribution is 2.33. The lowest BCUT2D eigenvalue weighted by Crippen LogP contribution is -1.99. The van der Waals surface area contributed by atoms with Gasteiger partial charge in [0.25, 0.3) is 0 Å². The fourth-order valence-corrected chi connectivity index (χ4v) is 1.86. The first-order chi connectivity index (χ1) is 8.54. The van der Waals surface area contributed by atoms with Crippen LogP contribution in [-0.2, 0) is 4.74 Å². The summed E-state index contributed by atoms with van der Waals surface area (Å²) >= 11 is 0. The molecule has 0 aliphatic heterocycles. The molecule has 0 saturated heterocycles. The van der Waals surface area contributed by atoms with E-state index >= 15 is 0 Å². The first-order valence-electron chi connectivity index (χ1n) is 5.08. The Bertz CT molecular complexity index is 609. The molecule has 4 nitrogen and oxygen atoms in total. The number of ether oxygens (including phenoxy) is 1. The van der Waals surface area contributed by atoms with Gasteiger partial charge in [-0.3, -0.25) is 0 Å². The van der Waals surface area contributed by atoms with Crippen LogP contribution < -0.4 is 5.30 Å². The van der Waals surface area contributed by atoms with E-state index in [1.54, 1.807) is 6.07 Å². The lowest BCUT2D eigenvalue weighted by Gasteiger charge is -2.03. The molecule has 0 radical (unpaired) electrons. The number of aromatic amines is 1. The van der Waals surface area contributed by atoms with Crippen molar-refractivity contribution in [3.63, 3.8) is 0 Å². The molecule has 0 spiro atoms. The van der Waals surface area contributed by atoms with Gasteiger partial charge in [-0.2, -0.15) is 0 Å². The second-order valence-electron chi connectivity index (χ2n) is 3.66. The number of carbonyl (C=O) groups is 1. The zero-order chi connectivity index (χ0) is 13.3. The van der Waals surface area contributed by atoms with Crippen molar-refractivity contribution in [3.05, 3.63) is 35.8 Å². The summed E-state index contributed by atoms with van der Waals surface area (Å²) in [5.41, 5.74) is 0.314. The third-order valence-electron chi connectivity index (χ3n) is 2.52. The molecule has 0 fully saturated rings. The Morgan fingerprint density at radius 2 is 2.22 bits per heavy atom. The average Bonchev–Trinajstić information content (AvgIpc) is 2.70. The summed E-state index contributed by atoms with van der Waals surface area (Å²) in [6.45, 7) is 0. The molecule has 1 unspecified atom stereocenters. The van der Waals surface area contributed by atoms with E-state index in [1.807, 2.05) is 0 Å². The van der Waals surface area contributed by atoms with E-state index in [0.717, 1.165) is 0 Å². The molecule has 0 saturated carbocycles. The van der Waals surface area contributed by atoms with Gasteiger partial charge < -0.3 is 14.8 Å². The minimum Gasteiger partial charge on any atom is -0.505 e. The van der Waals surface area contributed by atoms with E-state index in [1.165, 1.54) is 25.4 Å². The molecule has 2 N–H and O–H groups in total. The van der Waals surface area contributed by atoms with Gasteiger partial charge >= 0.3 is 5.97 Å². The summed E-state index contributed by atoms with van der Waals surface area (Å²) < 4.78 is 18.2. The molecule has 1 heterocycles. The number of H-pyrrole nitrogens is 1. The van der Waals surface area contributed by atoms with Crippen molar-refractivity contribution in [2.24, 2.45) is 0 Å². The highest BCUT2D eigenvalue weighted by Gasteiger charge is 2.20. The van der Waals surface area contributed by atoms with E-state index in [-0.39, 0.29) is 22.6 Å². The predicted octanol–water partition coefficient (Wildman–Crippen LogP) is 1.81. The van der Waals surface area contributed by atoms with Crippen LogP contribution in [0, 0.1) is 5.82 Å². The lowest BCUT2D eigenvalue weighted by molar-refractivity contribution is 0.0598. The molecular formula is C12H11FNO3P. The topological polar surface area (TPSA) is 62.3 Å². The molecule has 1 atom stereocenters. The van der Waals surface area contributed by atoms with Gasteiger partial charge in [0.1, 0.15) is 11.4 Å². The molecule has 0 bridgehead atoms. The van der Waals surface area contributed by atoms with Gasteiger partial charge in [0, 0.05) is 11.8 Å². The van der Waals surface area contributed by atoms with Crippen molar-refractivity contribution in [2.45, 2.75) is 0 Å². The lowest BCUT2D eigenvalue weighted by atomic mass is 10.1. The number of carbonyl (C=O) groups excluding carboxylic acids is 1. The van der Waals surface area contributed by atoms with Crippen LogP contribution in [0.5, 0.6) is 5.75 Å². The fraction of sp³-hybridized carbons (Fsp3) is 0.0833. The summed E-state index contributed by atoms with van der Waals surface area (Å²) in [6, 6.07) is 4.52. The van der Waals surface area contributed by atoms with Crippen LogP contribution in [0.15, 0.2) is 24.4 Å². The largest absolute Gasteiger partial charge is 0.505 e. The quantitative estimate of drug-likeness (QED) is 0.644. The third-order valence-corrected chi connectivity index (χ3v) is 2.88. The number of halogens is 1. The van der Waals surface area contributed by atoms with Gasteiger partial charge in [0.15, 0.2) is 5.75 Å². The van der Waals surface area contributed by atoms with Crippen molar-refractivity contribution in [1.82, 2.24) is 4.98 Å². The summed E-state index contributed by atoms with van der Waals surface area (Å²) in [6.07, 6.45) is 1.28. The maximum absolute atomic E-state index is 13.7. The molecule has 18 heavy (non-hydrogen) atoms. The second kappa shape index (κ2) is 4.78. The smallest absolute Gasteiger partial charge is 0.343 e. The highest BCUT2D eigenvalue weighted by molar-refractivity contribution is 7.27. The van der Waals surface area contributed by atoms with Gasteiger partial charge in [-0.1, -0.05) is 6.07 Å². The number of methoxy groups -OCH3 is 1. The van der Waals surface area contributed by atoms with Gasteiger partial charge in [-0.05, 0) is 17.4 Å². The molecule has 0 aliphatic carbocycles. The molecule has 94 valence electrons. The van der Waals surface area contributed by atoms with E-state index in [2.05, 4.69) is 19.0 Å². The van der Waals surface area contributed by atoms with E-state index in [0.29, 0.717) is 5.30 Å². The first kappa shape index (κ1) is 12.6. The SMILES string of the molecule is COC(=O)c1c[nH]c(-c2ccc(P)cc2F)c1O. The maximum atomic E-state index is 13.7. The highest BCUT2D eigenvalue weighted by atomic mass is 31.0. The molecule has 6 heteroatoms. The summed E-state index contributed by atoms with van der Waals surface area (Å²) in [5, 5.41) is 10.6. The standard InChI is InChI=1S/C12H11FNO3P/c1-17-12(16)8-5-14-10(11(8)15)7-3-2-6(18)4-9(7)13/h2-5,14-15H,18H2,1H3. The molecular weight excluding hydrogens is 256 g/mol. The van der Waals surface area contributed by atoms with Crippen LogP contribution in [0.3, 0.4) is 0 Å². The number of aromatic nitrogens is 1. The first-order valence-corrected chi connectivity index (χ1v) is 5.66. The molecule has 0 aliphatic rings. The zero-order valence-corrected chi connectivity index (χ0v) is 10.7. The number of benzene rings is 1. The number of hydrogen-bond acceptors (Lipinski definition) is 3. The zero-order valence-electron chi connectivity index (χ0n) is 9.53. The van der Waals surface area contributed by atoms with Gasteiger partial charge in [0.2, 0.25) is 0 Å². The monoisotopic (exact) mass is 267 g/mol.